The predicted molar refractivity (Wildman–Crippen MR) is 142 cm³/mol. The number of ether oxygens (including phenoxy) is 1. The SMILES string of the molecule is Cc1ccc(C)c(NC(=O)C(C)OC(=O)c2cccc3cccc(-c4nc5ccccc5s4)c23)c1. The molecule has 0 saturated carbocycles. The minimum Gasteiger partial charge on any atom is -0.449 e. The van der Waals surface area contributed by atoms with Crippen molar-refractivity contribution in [3.63, 3.8) is 0 Å². The second-order valence-electron chi connectivity index (χ2n) is 8.55. The Morgan fingerprint density at radius 1 is 0.943 bits per heavy atom. The number of esters is 1. The van der Waals surface area contributed by atoms with E-state index in [1.54, 1.807) is 24.3 Å². The van der Waals surface area contributed by atoms with Crippen LogP contribution in [0.25, 0.3) is 31.6 Å². The summed E-state index contributed by atoms with van der Waals surface area (Å²) in [4.78, 5) is 30.9. The number of benzene rings is 4. The molecule has 174 valence electrons. The Morgan fingerprint density at radius 2 is 1.71 bits per heavy atom. The molecule has 6 heteroatoms. The highest BCUT2D eigenvalue weighted by molar-refractivity contribution is 7.21. The predicted octanol–water partition coefficient (Wildman–Crippen LogP) is 6.92. The molecule has 1 unspecified atom stereocenters. The second kappa shape index (κ2) is 9.31. The first-order chi connectivity index (χ1) is 16.9. The Labute approximate surface area is 207 Å². The van der Waals surface area contributed by atoms with Crippen LogP contribution in [-0.2, 0) is 9.53 Å². The highest BCUT2D eigenvalue weighted by Gasteiger charge is 2.23. The molecular weight excluding hydrogens is 456 g/mol. The molecule has 1 N–H and O–H groups in total. The zero-order chi connectivity index (χ0) is 24.5. The lowest BCUT2D eigenvalue weighted by molar-refractivity contribution is -0.123. The molecule has 1 amide bonds. The number of carbonyl (C=O) groups is 2. The number of hydrogen-bond donors (Lipinski definition) is 1. The molecule has 0 fully saturated rings. The van der Waals surface area contributed by atoms with Crippen LogP contribution in [-0.4, -0.2) is 23.0 Å². The van der Waals surface area contributed by atoms with E-state index >= 15 is 0 Å². The van der Waals surface area contributed by atoms with Crippen LogP contribution >= 0.6 is 11.3 Å². The maximum atomic E-state index is 13.3. The summed E-state index contributed by atoms with van der Waals surface area (Å²) in [6, 6.07) is 25.2. The first-order valence-electron chi connectivity index (χ1n) is 11.4. The van der Waals surface area contributed by atoms with E-state index in [1.165, 1.54) is 0 Å². The smallest absolute Gasteiger partial charge is 0.339 e. The van der Waals surface area contributed by atoms with Crippen LogP contribution < -0.4 is 5.32 Å². The maximum Gasteiger partial charge on any atom is 0.339 e. The van der Waals surface area contributed by atoms with Gasteiger partial charge in [-0.2, -0.15) is 0 Å². The monoisotopic (exact) mass is 480 g/mol. The van der Waals surface area contributed by atoms with E-state index in [0.717, 1.165) is 42.7 Å². The van der Waals surface area contributed by atoms with Crippen molar-refractivity contribution in [2.24, 2.45) is 0 Å². The molecule has 35 heavy (non-hydrogen) atoms. The third-order valence-electron chi connectivity index (χ3n) is 5.95. The number of nitrogens with zero attached hydrogens (tertiary/aromatic N) is 1. The minimum absolute atomic E-state index is 0.376. The molecule has 5 aromatic rings. The van der Waals surface area contributed by atoms with Gasteiger partial charge in [0, 0.05) is 16.6 Å². The molecule has 0 aliphatic carbocycles. The average molecular weight is 481 g/mol. The molecule has 1 atom stereocenters. The van der Waals surface area contributed by atoms with Gasteiger partial charge in [-0.05, 0) is 61.5 Å². The highest BCUT2D eigenvalue weighted by Crippen LogP contribution is 2.36. The van der Waals surface area contributed by atoms with Crippen molar-refractivity contribution in [2.75, 3.05) is 5.32 Å². The first kappa shape index (κ1) is 22.7. The summed E-state index contributed by atoms with van der Waals surface area (Å²) in [5.41, 5.74) is 4.88. The molecule has 0 aliphatic heterocycles. The van der Waals surface area contributed by atoms with E-state index in [4.69, 9.17) is 9.72 Å². The summed E-state index contributed by atoms with van der Waals surface area (Å²) in [7, 11) is 0. The molecule has 0 spiro atoms. The van der Waals surface area contributed by atoms with Gasteiger partial charge in [0.25, 0.3) is 5.91 Å². The number of nitrogens with one attached hydrogen (secondary N) is 1. The summed E-state index contributed by atoms with van der Waals surface area (Å²) in [6.45, 7) is 5.46. The zero-order valence-electron chi connectivity index (χ0n) is 19.7. The second-order valence-corrected chi connectivity index (χ2v) is 9.58. The van der Waals surface area contributed by atoms with Gasteiger partial charge in [-0.1, -0.05) is 54.6 Å². The fourth-order valence-electron chi connectivity index (χ4n) is 4.06. The number of rotatable bonds is 5. The van der Waals surface area contributed by atoms with Crippen molar-refractivity contribution >= 4 is 49.9 Å². The lowest BCUT2D eigenvalue weighted by Gasteiger charge is -2.16. The average Bonchev–Trinajstić information content (AvgIpc) is 3.29. The van der Waals surface area contributed by atoms with Crippen LogP contribution in [0.5, 0.6) is 0 Å². The Bertz CT molecular complexity index is 1550. The lowest BCUT2D eigenvalue weighted by atomic mass is 9.99. The quantitative estimate of drug-likeness (QED) is 0.277. The first-order valence-corrected chi connectivity index (χ1v) is 12.2. The van der Waals surface area contributed by atoms with Crippen molar-refractivity contribution in [3.05, 3.63) is 95.6 Å². The fraction of sp³-hybridized carbons (Fsp3) is 0.138. The van der Waals surface area contributed by atoms with Crippen molar-refractivity contribution in [1.29, 1.82) is 0 Å². The normalized spacial score (nSPS) is 12.0. The lowest BCUT2D eigenvalue weighted by Crippen LogP contribution is -2.30. The number of anilines is 1. The van der Waals surface area contributed by atoms with Crippen LogP contribution in [0, 0.1) is 13.8 Å². The van der Waals surface area contributed by atoms with E-state index in [-0.39, 0.29) is 5.91 Å². The Hall–Kier alpha value is -4.03. The molecule has 0 bridgehead atoms. The fourth-order valence-corrected chi connectivity index (χ4v) is 5.06. The van der Waals surface area contributed by atoms with Crippen molar-refractivity contribution < 1.29 is 14.3 Å². The molecule has 1 aromatic heterocycles. The number of aromatic nitrogens is 1. The standard InChI is InChI=1S/C29H24N2O3S/c1-17-14-15-18(2)24(16-17)30-27(32)19(3)34-29(33)22-11-7-9-20-8-6-10-21(26(20)22)28-31-23-12-4-5-13-25(23)35-28/h4-16,19H,1-3H3,(H,30,32). The number of para-hydroxylation sites is 1. The Morgan fingerprint density at radius 3 is 2.51 bits per heavy atom. The molecule has 5 rings (SSSR count). The molecule has 1 heterocycles. The number of carbonyl (C=O) groups excluding carboxylic acids is 2. The van der Waals surface area contributed by atoms with Gasteiger partial charge in [0.1, 0.15) is 5.01 Å². The van der Waals surface area contributed by atoms with Gasteiger partial charge in [-0.3, -0.25) is 4.79 Å². The van der Waals surface area contributed by atoms with Crippen LogP contribution in [0.4, 0.5) is 5.69 Å². The molecule has 0 saturated heterocycles. The van der Waals surface area contributed by atoms with Crippen LogP contribution in [0.15, 0.2) is 78.9 Å². The highest BCUT2D eigenvalue weighted by atomic mass is 32.1. The van der Waals surface area contributed by atoms with Crippen molar-refractivity contribution in [3.8, 4) is 10.6 Å². The number of fused-ring (bicyclic) bond motifs is 2. The summed E-state index contributed by atoms with van der Waals surface area (Å²) in [5.74, 6) is -0.925. The third kappa shape index (κ3) is 4.53. The van der Waals surface area contributed by atoms with Crippen molar-refractivity contribution in [2.45, 2.75) is 26.9 Å². The van der Waals surface area contributed by atoms with E-state index in [1.807, 2.05) is 86.6 Å². The molecule has 5 nitrogen and oxygen atoms in total. The van der Waals surface area contributed by atoms with Gasteiger partial charge >= 0.3 is 5.97 Å². The largest absolute Gasteiger partial charge is 0.449 e. The van der Waals surface area contributed by atoms with Gasteiger partial charge in [0.05, 0.1) is 15.8 Å². The van der Waals surface area contributed by atoms with Gasteiger partial charge in [-0.25, -0.2) is 9.78 Å². The number of thiazole rings is 1. The summed E-state index contributed by atoms with van der Waals surface area (Å²) < 4.78 is 6.71. The molecule has 4 aromatic carbocycles. The van der Waals surface area contributed by atoms with Gasteiger partial charge in [-0.15, -0.1) is 11.3 Å². The van der Waals surface area contributed by atoms with Gasteiger partial charge in [0.15, 0.2) is 6.10 Å². The van der Waals surface area contributed by atoms with Gasteiger partial charge in [0.2, 0.25) is 0 Å². The number of amides is 1. The zero-order valence-corrected chi connectivity index (χ0v) is 20.5. The Kier molecular flexibility index (Phi) is 6.05. The van der Waals surface area contributed by atoms with Gasteiger partial charge < -0.3 is 10.1 Å². The number of hydrogen-bond acceptors (Lipinski definition) is 5. The summed E-state index contributed by atoms with van der Waals surface area (Å²) >= 11 is 1.58. The third-order valence-corrected chi connectivity index (χ3v) is 7.02. The Balaban J connectivity index is 1.46. The molecular formula is C29H24N2O3S. The van der Waals surface area contributed by atoms with Crippen LogP contribution in [0.2, 0.25) is 0 Å². The topological polar surface area (TPSA) is 68.3 Å². The van der Waals surface area contributed by atoms with E-state index in [0.29, 0.717) is 11.3 Å². The van der Waals surface area contributed by atoms with E-state index in [2.05, 4.69) is 5.32 Å². The summed E-state index contributed by atoms with van der Waals surface area (Å²) in [5, 5.41) is 5.37. The van der Waals surface area contributed by atoms with Crippen LogP contribution in [0.3, 0.4) is 0 Å². The maximum absolute atomic E-state index is 13.3. The minimum atomic E-state index is -0.965. The van der Waals surface area contributed by atoms with Crippen LogP contribution in [0.1, 0.15) is 28.4 Å². The number of aryl methyl sites for hydroxylation is 2. The van der Waals surface area contributed by atoms with E-state index in [9.17, 15) is 9.59 Å². The molecule has 0 radical (unpaired) electrons. The summed E-state index contributed by atoms with van der Waals surface area (Å²) in [6.07, 6.45) is -0.965. The van der Waals surface area contributed by atoms with Crippen molar-refractivity contribution in [1.82, 2.24) is 4.98 Å². The van der Waals surface area contributed by atoms with E-state index < -0.39 is 12.1 Å². The molecule has 0 aliphatic rings.